The number of anilines is 2. The Balaban J connectivity index is 1.40. The molecule has 0 saturated carbocycles. The lowest BCUT2D eigenvalue weighted by Crippen LogP contribution is -2.34. The zero-order valence-corrected chi connectivity index (χ0v) is 19.8. The van der Waals surface area contributed by atoms with Gasteiger partial charge >= 0.3 is 12.1 Å². The molecule has 0 radical (unpaired) electrons. The largest absolute Gasteiger partial charge is 0.447 e. The van der Waals surface area contributed by atoms with Gasteiger partial charge in [0, 0.05) is 17.0 Å². The van der Waals surface area contributed by atoms with Gasteiger partial charge in [-0.3, -0.25) is 5.32 Å². The fourth-order valence-electron chi connectivity index (χ4n) is 3.64. The van der Waals surface area contributed by atoms with Crippen LogP contribution in [0.25, 0.3) is 21.5 Å². The van der Waals surface area contributed by atoms with Gasteiger partial charge < -0.3 is 10.1 Å². The molecule has 7 heteroatoms. The van der Waals surface area contributed by atoms with Gasteiger partial charge in [-0.1, -0.05) is 86.6 Å². The van der Waals surface area contributed by atoms with Gasteiger partial charge in [-0.2, -0.15) is 5.10 Å². The molecule has 35 heavy (non-hydrogen) atoms. The summed E-state index contributed by atoms with van der Waals surface area (Å²) in [5.41, 5.74) is 1.35. The Kier molecular flexibility index (Phi) is 7.57. The van der Waals surface area contributed by atoms with E-state index in [2.05, 4.69) is 15.7 Å². The predicted molar refractivity (Wildman–Crippen MR) is 142 cm³/mol. The fourth-order valence-corrected chi connectivity index (χ4v) is 3.64. The van der Waals surface area contributed by atoms with Crippen molar-refractivity contribution in [3.63, 3.8) is 0 Å². The molecule has 0 heterocycles. The number of hydrazone groups is 1. The second-order valence-electron chi connectivity index (χ2n) is 8.38. The molecule has 0 aliphatic rings. The molecule has 2 N–H and O–H groups in total. The number of benzene rings is 4. The molecule has 0 saturated heterocycles. The van der Waals surface area contributed by atoms with Gasteiger partial charge in [-0.25, -0.2) is 14.6 Å². The zero-order chi connectivity index (χ0) is 24.6. The van der Waals surface area contributed by atoms with E-state index in [9.17, 15) is 9.59 Å². The summed E-state index contributed by atoms with van der Waals surface area (Å²) in [6.45, 7) is 4.02. The third kappa shape index (κ3) is 6.14. The zero-order valence-electron chi connectivity index (χ0n) is 19.8. The average Bonchev–Trinajstić information content (AvgIpc) is 2.86. The van der Waals surface area contributed by atoms with E-state index in [0.717, 1.165) is 21.5 Å². The molecule has 0 aromatic heterocycles. The maximum Gasteiger partial charge on any atom is 0.411 e. The highest BCUT2D eigenvalue weighted by molar-refractivity contribution is 6.02. The number of hydrogen-bond donors (Lipinski definition) is 2. The predicted octanol–water partition coefficient (Wildman–Crippen LogP) is 6.72. The molecule has 7 nitrogen and oxygen atoms in total. The molecule has 0 aliphatic heterocycles. The minimum Gasteiger partial charge on any atom is -0.447 e. The average molecular weight is 469 g/mol. The lowest BCUT2D eigenvalue weighted by atomic mass is 10.1. The van der Waals surface area contributed by atoms with Crippen molar-refractivity contribution in [2.45, 2.75) is 13.8 Å². The van der Waals surface area contributed by atoms with Crippen LogP contribution in [0, 0.1) is 5.92 Å². The van der Waals surface area contributed by atoms with Crippen molar-refractivity contribution < 1.29 is 14.3 Å². The quantitative estimate of drug-likeness (QED) is 0.233. The maximum absolute atomic E-state index is 13.0. The molecule has 4 aromatic carbocycles. The number of fused-ring (bicyclic) bond motifs is 2. The second kappa shape index (κ2) is 11.2. The number of rotatable bonds is 7. The van der Waals surface area contributed by atoms with Crippen molar-refractivity contribution in [2.75, 3.05) is 23.8 Å². The Morgan fingerprint density at radius 2 is 1.37 bits per heavy atom. The number of amides is 3. The standard InChI is InChI=1S/C28H28N4O3/c1-20(2)19-29-32(27(33)30-25-15-7-11-21-9-3-5-13-23(21)25)17-18-35-28(34)31-26-16-8-12-22-10-4-6-14-24(22)26/h3-16,19-20H,17-18H2,1-2H3,(H,30,33)(H,31,34). The van der Waals surface area contributed by atoms with Crippen molar-refractivity contribution in [3.05, 3.63) is 84.9 Å². The maximum atomic E-state index is 13.0. The highest BCUT2D eigenvalue weighted by Crippen LogP contribution is 2.24. The summed E-state index contributed by atoms with van der Waals surface area (Å²) >= 11 is 0. The van der Waals surface area contributed by atoms with E-state index in [1.54, 1.807) is 6.21 Å². The first kappa shape index (κ1) is 23.8. The molecule has 4 rings (SSSR count). The molecule has 0 fully saturated rings. The molecule has 0 aliphatic carbocycles. The van der Waals surface area contributed by atoms with Crippen molar-refractivity contribution in [2.24, 2.45) is 11.0 Å². The number of hydrogen-bond acceptors (Lipinski definition) is 4. The van der Waals surface area contributed by atoms with Crippen LogP contribution in [-0.2, 0) is 4.74 Å². The normalized spacial score (nSPS) is 11.2. The first-order valence-electron chi connectivity index (χ1n) is 11.5. The number of nitrogens with zero attached hydrogens (tertiary/aromatic N) is 2. The summed E-state index contributed by atoms with van der Waals surface area (Å²) in [6, 6.07) is 26.6. The summed E-state index contributed by atoms with van der Waals surface area (Å²) in [4.78, 5) is 25.4. The van der Waals surface area contributed by atoms with Gasteiger partial charge in [-0.05, 0) is 28.8 Å². The molecule has 0 atom stereocenters. The summed E-state index contributed by atoms with van der Waals surface area (Å²) in [5.74, 6) is 0.151. The van der Waals surface area contributed by atoms with Crippen LogP contribution < -0.4 is 10.6 Å². The van der Waals surface area contributed by atoms with Crippen LogP contribution >= 0.6 is 0 Å². The first-order chi connectivity index (χ1) is 17.0. The Morgan fingerprint density at radius 3 is 1.97 bits per heavy atom. The van der Waals surface area contributed by atoms with Gasteiger partial charge in [0.2, 0.25) is 0 Å². The van der Waals surface area contributed by atoms with Crippen LogP contribution in [0.5, 0.6) is 0 Å². The Morgan fingerprint density at radius 1 is 0.829 bits per heavy atom. The Labute approximate surface area is 204 Å². The molecule has 0 bridgehead atoms. The van der Waals surface area contributed by atoms with E-state index in [0.29, 0.717) is 11.4 Å². The van der Waals surface area contributed by atoms with Crippen LogP contribution in [0.1, 0.15) is 13.8 Å². The summed E-state index contributed by atoms with van der Waals surface area (Å²) < 4.78 is 5.36. The second-order valence-corrected chi connectivity index (χ2v) is 8.38. The lowest BCUT2D eigenvalue weighted by Gasteiger charge is -2.19. The van der Waals surface area contributed by atoms with Crippen LogP contribution in [0.3, 0.4) is 0 Å². The van der Waals surface area contributed by atoms with Crippen molar-refractivity contribution in [1.29, 1.82) is 0 Å². The Bertz CT molecular complexity index is 1360. The van der Waals surface area contributed by atoms with E-state index in [-0.39, 0.29) is 19.1 Å². The van der Waals surface area contributed by atoms with E-state index < -0.39 is 12.1 Å². The molecular formula is C28H28N4O3. The van der Waals surface area contributed by atoms with Crippen molar-refractivity contribution >= 4 is 51.3 Å². The summed E-state index contributed by atoms with van der Waals surface area (Å²) in [5, 5.41) is 15.2. The third-order valence-corrected chi connectivity index (χ3v) is 5.33. The summed E-state index contributed by atoms with van der Waals surface area (Å²) in [6.07, 6.45) is 1.09. The molecular weight excluding hydrogens is 440 g/mol. The number of nitrogens with one attached hydrogen (secondary N) is 2. The van der Waals surface area contributed by atoms with Gasteiger partial charge in [0.1, 0.15) is 6.61 Å². The topological polar surface area (TPSA) is 83.0 Å². The smallest absolute Gasteiger partial charge is 0.411 e. The minimum absolute atomic E-state index is 0.0189. The van der Waals surface area contributed by atoms with Crippen molar-refractivity contribution in [1.82, 2.24) is 5.01 Å². The fraction of sp³-hybridized carbons (Fsp3) is 0.179. The van der Waals surface area contributed by atoms with Crippen LogP contribution in [0.4, 0.5) is 21.0 Å². The van der Waals surface area contributed by atoms with Crippen LogP contribution in [0.15, 0.2) is 90.0 Å². The van der Waals surface area contributed by atoms with E-state index in [4.69, 9.17) is 4.74 Å². The number of ether oxygens (including phenoxy) is 1. The SMILES string of the molecule is CC(C)C=NN(CCOC(=O)Nc1cccc2ccccc12)C(=O)Nc1cccc2ccccc12. The van der Waals surface area contributed by atoms with Gasteiger partial charge in [0.15, 0.2) is 0 Å². The highest BCUT2D eigenvalue weighted by atomic mass is 16.5. The highest BCUT2D eigenvalue weighted by Gasteiger charge is 2.15. The molecule has 3 amide bonds. The monoisotopic (exact) mass is 468 g/mol. The number of carbonyl (C=O) groups excluding carboxylic acids is 2. The lowest BCUT2D eigenvalue weighted by molar-refractivity contribution is 0.145. The molecule has 0 unspecified atom stereocenters. The van der Waals surface area contributed by atoms with Crippen LogP contribution in [0.2, 0.25) is 0 Å². The Hall–Kier alpha value is -4.39. The number of urea groups is 1. The van der Waals surface area contributed by atoms with Crippen molar-refractivity contribution in [3.8, 4) is 0 Å². The minimum atomic E-state index is -0.594. The first-order valence-corrected chi connectivity index (χ1v) is 11.5. The van der Waals surface area contributed by atoms with E-state index in [1.165, 1.54) is 5.01 Å². The molecule has 4 aromatic rings. The van der Waals surface area contributed by atoms with Gasteiger partial charge in [0.05, 0.1) is 17.9 Å². The van der Waals surface area contributed by atoms with E-state index >= 15 is 0 Å². The molecule has 178 valence electrons. The van der Waals surface area contributed by atoms with E-state index in [1.807, 2.05) is 98.8 Å². The third-order valence-electron chi connectivity index (χ3n) is 5.33. The van der Waals surface area contributed by atoms with Gasteiger partial charge in [-0.15, -0.1) is 0 Å². The summed E-state index contributed by atoms with van der Waals surface area (Å²) in [7, 11) is 0. The number of carbonyl (C=O) groups is 2. The van der Waals surface area contributed by atoms with Gasteiger partial charge in [0.25, 0.3) is 0 Å². The molecule has 0 spiro atoms. The van der Waals surface area contributed by atoms with Crippen LogP contribution in [-0.4, -0.2) is 36.5 Å².